The number of nitrogens with zero attached hydrogens (tertiary/aromatic N) is 2. The molecular formula is C18H27N3O2. The molecule has 1 N–H and O–H groups in total. The summed E-state index contributed by atoms with van der Waals surface area (Å²) < 4.78 is 0. The first-order chi connectivity index (χ1) is 11.1. The Hall–Kier alpha value is -1.88. The van der Waals surface area contributed by atoms with Gasteiger partial charge in [-0.2, -0.15) is 0 Å². The minimum absolute atomic E-state index is 0.0139. The maximum Gasteiger partial charge on any atom is 0.253 e. The Kier molecular flexibility index (Phi) is 6.59. The van der Waals surface area contributed by atoms with Gasteiger partial charge in [0.1, 0.15) is 0 Å². The number of carbonyl (C=O) groups excluding carboxylic acids is 2. The highest BCUT2D eigenvalue weighted by molar-refractivity contribution is 5.94. The summed E-state index contributed by atoms with van der Waals surface area (Å²) in [6.45, 7) is 8.46. The number of hydrogen-bond acceptors (Lipinski definition) is 3. The normalized spacial score (nSPS) is 14.6. The summed E-state index contributed by atoms with van der Waals surface area (Å²) in [7, 11) is 0. The summed E-state index contributed by atoms with van der Waals surface area (Å²) in [5.41, 5.74) is 1.83. The topological polar surface area (TPSA) is 52.7 Å². The lowest BCUT2D eigenvalue weighted by atomic mass is 10.1. The molecule has 0 bridgehead atoms. The zero-order chi connectivity index (χ0) is 16.7. The Bertz CT molecular complexity index is 522. The van der Waals surface area contributed by atoms with Crippen LogP contribution in [0.25, 0.3) is 0 Å². The van der Waals surface area contributed by atoms with E-state index in [1.165, 1.54) is 0 Å². The fourth-order valence-electron chi connectivity index (χ4n) is 2.77. The minimum Gasteiger partial charge on any atom is -0.340 e. The van der Waals surface area contributed by atoms with Gasteiger partial charge in [0.2, 0.25) is 5.91 Å². The van der Waals surface area contributed by atoms with Crippen LogP contribution in [0.4, 0.5) is 0 Å². The minimum atomic E-state index is 0.0139. The SMILES string of the molecule is CCCN(CCC(=O)N1CCNCC1)C(=O)c1ccc(C)cc1. The van der Waals surface area contributed by atoms with Gasteiger partial charge in [-0.25, -0.2) is 0 Å². The molecule has 0 saturated carbocycles. The van der Waals surface area contributed by atoms with Crippen LogP contribution in [0.3, 0.4) is 0 Å². The second-order valence-electron chi connectivity index (χ2n) is 6.04. The lowest BCUT2D eigenvalue weighted by molar-refractivity contribution is -0.131. The third-order valence-corrected chi connectivity index (χ3v) is 4.14. The second-order valence-corrected chi connectivity index (χ2v) is 6.04. The van der Waals surface area contributed by atoms with E-state index in [2.05, 4.69) is 5.32 Å². The van der Waals surface area contributed by atoms with E-state index in [-0.39, 0.29) is 11.8 Å². The van der Waals surface area contributed by atoms with Crippen LogP contribution in [0, 0.1) is 6.92 Å². The van der Waals surface area contributed by atoms with Crippen molar-refractivity contribution in [3.63, 3.8) is 0 Å². The van der Waals surface area contributed by atoms with Crippen molar-refractivity contribution in [1.29, 1.82) is 0 Å². The number of hydrogen-bond donors (Lipinski definition) is 1. The van der Waals surface area contributed by atoms with Crippen molar-refractivity contribution >= 4 is 11.8 Å². The van der Waals surface area contributed by atoms with Crippen molar-refractivity contribution in [2.75, 3.05) is 39.3 Å². The molecule has 1 saturated heterocycles. The third kappa shape index (κ3) is 5.06. The highest BCUT2D eigenvalue weighted by atomic mass is 16.2. The molecule has 2 amide bonds. The molecular weight excluding hydrogens is 290 g/mol. The maximum absolute atomic E-state index is 12.6. The van der Waals surface area contributed by atoms with Crippen LogP contribution < -0.4 is 5.32 Å². The molecule has 0 unspecified atom stereocenters. The van der Waals surface area contributed by atoms with Gasteiger partial charge in [0.25, 0.3) is 5.91 Å². The Morgan fingerprint density at radius 1 is 1.13 bits per heavy atom. The van der Waals surface area contributed by atoms with Crippen LogP contribution >= 0.6 is 0 Å². The highest BCUT2D eigenvalue weighted by Gasteiger charge is 2.20. The zero-order valence-electron chi connectivity index (χ0n) is 14.2. The number of piperazine rings is 1. The molecule has 1 aromatic carbocycles. The largest absolute Gasteiger partial charge is 0.340 e. The summed E-state index contributed by atoms with van der Waals surface area (Å²) in [4.78, 5) is 28.6. The van der Waals surface area contributed by atoms with Gasteiger partial charge in [0.05, 0.1) is 0 Å². The van der Waals surface area contributed by atoms with E-state index in [0.29, 0.717) is 25.1 Å². The van der Waals surface area contributed by atoms with E-state index in [9.17, 15) is 9.59 Å². The average molecular weight is 317 g/mol. The second kappa shape index (κ2) is 8.67. The molecule has 23 heavy (non-hydrogen) atoms. The van der Waals surface area contributed by atoms with E-state index < -0.39 is 0 Å². The van der Waals surface area contributed by atoms with E-state index in [1.54, 1.807) is 4.90 Å². The van der Waals surface area contributed by atoms with E-state index in [1.807, 2.05) is 43.0 Å². The fraction of sp³-hybridized carbons (Fsp3) is 0.556. The number of amides is 2. The summed E-state index contributed by atoms with van der Waals surface area (Å²) in [6.07, 6.45) is 1.29. The molecule has 1 aliphatic heterocycles. The molecule has 0 spiro atoms. The van der Waals surface area contributed by atoms with Gasteiger partial charge in [-0.05, 0) is 25.5 Å². The Balaban J connectivity index is 1.93. The van der Waals surface area contributed by atoms with Gasteiger partial charge in [-0.1, -0.05) is 24.6 Å². The van der Waals surface area contributed by atoms with Gasteiger partial charge in [0, 0.05) is 51.3 Å². The monoisotopic (exact) mass is 317 g/mol. The molecule has 2 rings (SSSR count). The van der Waals surface area contributed by atoms with Crippen molar-refractivity contribution in [3.05, 3.63) is 35.4 Å². The van der Waals surface area contributed by atoms with Crippen molar-refractivity contribution in [3.8, 4) is 0 Å². The maximum atomic E-state index is 12.6. The first-order valence-corrected chi connectivity index (χ1v) is 8.46. The number of benzene rings is 1. The first kappa shape index (κ1) is 17.5. The predicted octanol–water partition coefficient (Wildman–Crippen LogP) is 1.67. The number of carbonyl (C=O) groups is 2. The smallest absolute Gasteiger partial charge is 0.253 e. The van der Waals surface area contributed by atoms with Crippen molar-refractivity contribution in [1.82, 2.24) is 15.1 Å². The first-order valence-electron chi connectivity index (χ1n) is 8.46. The number of nitrogens with one attached hydrogen (secondary N) is 1. The fourth-order valence-corrected chi connectivity index (χ4v) is 2.77. The van der Waals surface area contributed by atoms with Crippen LogP contribution in [0.1, 0.15) is 35.7 Å². The number of aryl methyl sites for hydroxylation is 1. The van der Waals surface area contributed by atoms with Gasteiger partial charge in [-0.15, -0.1) is 0 Å². The molecule has 1 aliphatic rings. The highest BCUT2D eigenvalue weighted by Crippen LogP contribution is 2.09. The van der Waals surface area contributed by atoms with Gasteiger partial charge in [-0.3, -0.25) is 9.59 Å². The summed E-state index contributed by atoms with van der Waals surface area (Å²) in [5.74, 6) is 0.157. The summed E-state index contributed by atoms with van der Waals surface area (Å²) in [5, 5.41) is 3.24. The Morgan fingerprint density at radius 2 is 1.78 bits per heavy atom. The average Bonchev–Trinajstić information content (AvgIpc) is 2.59. The van der Waals surface area contributed by atoms with E-state index in [0.717, 1.165) is 38.2 Å². The van der Waals surface area contributed by atoms with Crippen molar-refractivity contribution < 1.29 is 9.59 Å². The van der Waals surface area contributed by atoms with Crippen LogP contribution in [-0.2, 0) is 4.79 Å². The van der Waals surface area contributed by atoms with Gasteiger partial charge < -0.3 is 15.1 Å². The molecule has 0 atom stereocenters. The van der Waals surface area contributed by atoms with E-state index >= 15 is 0 Å². The van der Waals surface area contributed by atoms with Crippen LogP contribution in [-0.4, -0.2) is 60.9 Å². The molecule has 0 aliphatic carbocycles. The molecule has 126 valence electrons. The molecule has 1 fully saturated rings. The van der Waals surface area contributed by atoms with Crippen LogP contribution in [0.2, 0.25) is 0 Å². The van der Waals surface area contributed by atoms with Crippen molar-refractivity contribution in [2.45, 2.75) is 26.7 Å². The predicted molar refractivity (Wildman–Crippen MR) is 91.4 cm³/mol. The Morgan fingerprint density at radius 3 is 2.39 bits per heavy atom. The lowest BCUT2D eigenvalue weighted by Crippen LogP contribution is -2.47. The van der Waals surface area contributed by atoms with Gasteiger partial charge in [0.15, 0.2) is 0 Å². The molecule has 0 radical (unpaired) electrons. The Labute approximate surface area is 138 Å². The summed E-state index contributed by atoms with van der Waals surface area (Å²) >= 11 is 0. The third-order valence-electron chi connectivity index (χ3n) is 4.14. The van der Waals surface area contributed by atoms with Crippen LogP contribution in [0.15, 0.2) is 24.3 Å². The quantitative estimate of drug-likeness (QED) is 0.868. The van der Waals surface area contributed by atoms with Gasteiger partial charge >= 0.3 is 0 Å². The molecule has 0 aromatic heterocycles. The molecule has 1 heterocycles. The number of rotatable bonds is 6. The summed E-state index contributed by atoms with van der Waals surface area (Å²) in [6, 6.07) is 7.61. The van der Waals surface area contributed by atoms with Crippen LogP contribution in [0.5, 0.6) is 0 Å². The van der Waals surface area contributed by atoms with Crippen molar-refractivity contribution in [2.24, 2.45) is 0 Å². The standard InChI is InChI=1S/C18H27N3O2/c1-3-11-21(18(23)16-6-4-15(2)5-7-16)12-8-17(22)20-13-9-19-10-14-20/h4-7,19H,3,8-14H2,1-2H3. The molecule has 5 heteroatoms. The van der Waals surface area contributed by atoms with E-state index in [4.69, 9.17) is 0 Å². The zero-order valence-corrected chi connectivity index (χ0v) is 14.2. The lowest BCUT2D eigenvalue weighted by Gasteiger charge is -2.29. The molecule has 5 nitrogen and oxygen atoms in total. The molecule has 1 aromatic rings.